The molecule has 0 saturated heterocycles. The fourth-order valence-corrected chi connectivity index (χ4v) is 2.32. The second-order valence-electron chi connectivity index (χ2n) is 3.36. The van der Waals surface area contributed by atoms with Crippen molar-refractivity contribution >= 4 is 25.4 Å². The third-order valence-corrected chi connectivity index (χ3v) is 3.40. The SMILES string of the molecule is O=[N+]([O-])c1c(C(F)(F)F)ccc(S(=O)(=O)Cl)c1OC(F)F. The first-order chi connectivity index (χ1) is 9.35. The van der Waals surface area contributed by atoms with Crippen molar-refractivity contribution in [3.8, 4) is 5.75 Å². The summed E-state index contributed by atoms with van der Waals surface area (Å²) in [5.74, 6) is -1.78. The fourth-order valence-electron chi connectivity index (χ4n) is 1.36. The lowest BCUT2D eigenvalue weighted by Crippen LogP contribution is -2.14. The van der Waals surface area contributed by atoms with E-state index < -0.39 is 48.7 Å². The van der Waals surface area contributed by atoms with Crippen LogP contribution in [-0.2, 0) is 15.2 Å². The minimum Gasteiger partial charge on any atom is -0.426 e. The van der Waals surface area contributed by atoms with Crippen molar-refractivity contribution in [3.63, 3.8) is 0 Å². The van der Waals surface area contributed by atoms with Crippen LogP contribution in [0.25, 0.3) is 0 Å². The molecule has 118 valence electrons. The molecule has 0 bridgehead atoms. The van der Waals surface area contributed by atoms with E-state index >= 15 is 0 Å². The molecule has 0 aliphatic rings. The monoisotopic (exact) mass is 355 g/mol. The molecule has 0 radical (unpaired) electrons. The highest BCUT2D eigenvalue weighted by molar-refractivity contribution is 8.13. The second kappa shape index (κ2) is 5.60. The molecule has 1 aromatic rings. The van der Waals surface area contributed by atoms with Crippen LogP contribution in [0.5, 0.6) is 5.75 Å². The molecule has 0 saturated carbocycles. The van der Waals surface area contributed by atoms with Crippen LogP contribution in [0.2, 0.25) is 0 Å². The summed E-state index contributed by atoms with van der Waals surface area (Å²) in [4.78, 5) is 7.63. The largest absolute Gasteiger partial charge is 0.426 e. The van der Waals surface area contributed by atoms with Gasteiger partial charge in [0.05, 0.1) is 4.92 Å². The lowest BCUT2D eigenvalue weighted by atomic mass is 10.1. The molecule has 21 heavy (non-hydrogen) atoms. The Bertz CT molecular complexity index is 674. The second-order valence-corrected chi connectivity index (χ2v) is 5.89. The van der Waals surface area contributed by atoms with E-state index in [9.17, 15) is 40.5 Å². The maximum atomic E-state index is 12.6. The van der Waals surface area contributed by atoms with Gasteiger partial charge >= 0.3 is 18.5 Å². The van der Waals surface area contributed by atoms with Crippen LogP contribution >= 0.6 is 10.7 Å². The van der Waals surface area contributed by atoms with Gasteiger partial charge in [0, 0.05) is 10.7 Å². The number of benzene rings is 1. The molecule has 1 aromatic carbocycles. The van der Waals surface area contributed by atoms with E-state index in [0.717, 1.165) is 0 Å². The van der Waals surface area contributed by atoms with Gasteiger partial charge in [-0.25, -0.2) is 8.42 Å². The summed E-state index contributed by atoms with van der Waals surface area (Å²) >= 11 is 0. The number of halogens is 6. The van der Waals surface area contributed by atoms with Crippen LogP contribution in [0.4, 0.5) is 27.6 Å². The number of hydrogen-bond donors (Lipinski definition) is 0. The number of rotatable bonds is 4. The molecule has 6 nitrogen and oxygen atoms in total. The van der Waals surface area contributed by atoms with Crippen molar-refractivity contribution < 1.29 is 40.0 Å². The Labute approximate surface area is 117 Å². The number of nitro benzene ring substituents is 1. The summed E-state index contributed by atoms with van der Waals surface area (Å²) in [6.07, 6.45) is -5.29. The zero-order valence-corrected chi connectivity index (χ0v) is 11.0. The van der Waals surface area contributed by atoms with Crippen LogP contribution in [0, 0.1) is 10.1 Å². The van der Waals surface area contributed by atoms with Crippen LogP contribution in [0.15, 0.2) is 17.0 Å². The minimum absolute atomic E-state index is 0.0335. The zero-order chi connectivity index (χ0) is 16.6. The first kappa shape index (κ1) is 17.4. The fraction of sp³-hybridized carbons (Fsp3) is 0.250. The van der Waals surface area contributed by atoms with E-state index in [1.807, 2.05) is 0 Å². The number of nitro groups is 1. The summed E-state index contributed by atoms with van der Waals surface area (Å²) in [5, 5.41) is 10.7. The van der Waals surface area contributed by atoms with E-state index in [-0.39, 0.29) is 12.1 Å². The van der Waals surface area contributed by atoms with Crippen molar-refractivity contribution in [2.24, 2.45) is 0 Å². The van der Waals surface area contributed by atoms with E-state index in [2.05, 4.69) is 4.74 Å². The first-order valence-corrected chi connectivity index (χ1v) is 6.94. The average molecular weight is 356 g/mol. The normalized spacial score (nSPS) is 12.5. The molecular formula is C8H3ClF5NO5S. The van der Waals surface area contributed by atoms with Gasteiger partial charge in [0.15, 0.2) is 0 Å². The van der Waals surface area contributed by atoms with Gasteiger partial charge in [0.2, 0.25) is 5.75 Å². The maximum Gasteiger partial charge on any atom is 0.423 e. The average Bonchev–Trinajstić information content (AvgIpc) is 2.23. The quantitative estimate of drug-likeness (QED) is 0.358. The number of ether oxygens (including phenoxy) is 1. The van der Waals surface area contributed by atoms with Crippen molar-refractivity contribution in [1.29, 1.82) is 0 Å². The zero-order valence-electron chi connectivity index (χ0n) is 9.40. The van der Waals surface area contributed by atoms with E-state index in [0.29, 0.717) is 0 Å². The van der Waals surface area contributed by atoms with Crippen molar-refractivity contribution in [3.05, 3.63) is 27.8 Å². The Hall–Kier alpha value is -1.69. The Morgan fingerprint density at radius 3 is 2.14 bits per heavy atom. The predicted molar refractivity (Wildman–Crippen MR) is 57.8 cm³/mol. The summed E-state index contributed by atoms with van der Waals surface area (Å²) < 4.78 is 88.0. The Morgan fingerprint density at radius 2 is 1.81 bits per heavy atom. The van der Waals surface area contributed by atoms with Crippen molar-refractivity contribution in [2.75, 3.05) is 0 Å². The van der Waals surface area contributed by atoms with Gasteiger partial charge in [0.25, 0.3) is 9.05 Å². The summed E-state index contributed by atoms with van der Waals surface area (Å²) in [6.45, 7) is -3.80. The maximum absolute atomic E-state index is 12.6. The molecule has 0 spiro atoms. The van der Waals surface area contributed by atoms with E-state index in [4.69, 9.17) is 10.7 Å². The molecule has 0 aromatic heterocycles. The van der Waals surface area contributed by atoms with Gasteiger partial charge in [0.1, 0.15) is 10.5 Å². The highest BCUT2D eigenvalue weighted by Crippen LogP contribution is 2.45. The third-order valence-electron chi connectivity index (χ3n) is 2.05. The highest BCUT2D eigenvalue weighted by atomic mass is 35.7. The van der Waals surface area contributed by atoms with E-state index in [1.165, 1.54) is 0 Å². The van der Waals surface area contributed by atoms with Gasteiger partial charge in [-0.05, 0) is 12.1 Å². The summed E-state index contributed by atoms with van der Waals surface area (Å²) in [5.41, 5.74) is -3.92. The molecule has 0 unspecified atom stereocenters. The molecule has 0 aliphatic heterocycles. The van der Waals surface area contributed by atoms with Gasteiger partial charge in [-0.1, -0.05) is 0 Å². The van der Waals surface area contributed by atoms with Crippen LogP contribution in [-0.4, -0.2) is 20.0 Å². The molecule has 0 fully saturated rings. The smallest absolute Gasteiger partial charge is 0.423 e. The minimum atomic E-state index is -5.29. The van der Waals surface area contributed by atoms with Gasteiger partial charge in [-0.2, -0.15) is 22.0 Å². The van der Waals surface area contributed by atoms with Gasteiger partial charge < -0.3 is 4.74 Å². The Kier molecular flexibility index (Phi) is 4.63. The Morgan fingerprint density at radius 1 is 1.29 bits per heavy atom. The molecule has 0 aliphatic carbocycles. The van der Waals surface area contributed by atoms with Crippen LogP contribution in [0.3, 0.4) is 0 Å². The predicted octanol–water partition coefficient (Wildman–Crippen LogP) is 3.14. The molecule has 0 N–H and O–H groups in total. The van der Waals surface area contributed by atoms with Gasteiger partial charge in [-0.15, -0.1) is 0 Å². The molecule has 0 atom stereocenters. The Balaban J connectivity index is 3.84. The van der Waals surface area contributed by atoms with Crippen molar-refractivity contribution in [1.82, 2.24) is 0 Å². The molecular weight excluding hydrogens is 353 g/mol. The van der Waals surface area contributed by atoms with Crippen molar-refractivity contribution in [2.45, 2.75) is 17.7 Å². The highest BCUT2D eigenvalue weighted by Gasteiger charge is 2.43. The number of nitrogens with zero attached hydrogens (tertiary/aromatic N) is 1. The molecule has 0 heterocycles. The number of alkyl halides is 5. The molecule has 13 heteroatoms. The summed E-state index contributed by atoms with van der Waals surface area (Å²) in [7, 11) is -0.0214. The van der Waals surface area contributed by atoms with Crippen LogP contribution in [0.1, 0.15) is 5.56 Å². The number of hydrogen-bond acceptors (Lipinski definition) is 5. The third kappa shape index (κ3) is 3.91. The van der Waals surface area contributed by atoms with Gasteiger partial charge in [-0.3, -0.25) is 10.1 Å². The van der Waals surface area contributed by atoms with Crippen LogP contribution < -0.4 is 4.74 Å². The first-order valence-electron chi connectivity index (χ1n) is 4.63. The standard InChI is InChI=1S/C8H3ClF5NO5S/c9-21(18,19)4-2-1-3(8(12,13)14)5(15(16)17)6(4)20-7(10)11/h1-2,7H. The topological polar surface area (TPSA) is 86.5 Å². The lowest BCUT2D eigenvalue weighted by Gasteiger charge is -2.13. The molecule has 0 amide bonds. The van der Waals surface area contributed by atoms with E-state index in [1.54, 1.807) is 0 Å². The summed E-state index contributed by atoms with van der Waals surface area (Å²) in [6, 6.07) is 0.224. The molecule has 1 rings (SSSR count). The lowest BCUT2D eigenvalue weighted by molar-refractivity contribution is -0.389.